The maximum Gasteiger partial charge on any atom is 0.303 e. The minimum absolute atomic E-state index is 0.0528. The molecule has 1 amide bonds. The van der Waals surface area contributed by atoms with Crippen molar-refractivity contribution in [3.05, 3.63) is 23.2 Å². The number of carboxylic acid groups (broad SMARTS) is 1. The molecule has 0 aliphatic heterocycles. The molecule has 0 aliphatic carbocycles. The number of thioether (sulfide) groups is 1. The number of benzene rings is 1. The molecule has 0 bridgehead atoms. The van der Waals surface area contributed by atoms with Gasteiger partial charge in [0.05, 0.1) is 10.8 Å². The molecule has 1 rings (SSSR count). The Labute approximate surface area is 120 Å². The number of anilines is 1. The number of nitrogens with two attached hydrogens (primary N) is 1. The molecule has 5 nitrogen and oxygen atoms in total. The topological polar surface area (TPSA) is 92.4 Å². The molecule has 0 radical (unpaired) electrons. The SMILES string of the molecule is Nc1ccc(SCC(=O)NCCCC(=O)O)c(Cl)c1. The van der Waals surface area contributed by atoms with Gasteiger partial charge in [0.25, 0.3) is 0 Å². The largest absolute Gasteiger partial charge is 0.481 e. The van der Waals surface area contributed by atoms with E-state index in [-0.39, 0.29) is 18.1 Å². The van der Waals surface area contributed by atoms with Crippen LogP contribution in [0, 0.1) is 0 Å². The van der Waals surface area contributed by atoms with Crippen LogP contribution in [0.3, 0.4) is 0 Å². The van der Waals surface area contributed by atoms with Crippen LogP contribution in [0.15, 0.2) is 23.1 Å². The Morgan fingerprint density at radius 3 is 2.79 bits per heavy atom. The van der Waals surface area contributed by atoms with Gasteiger partial charge >= 0.3 is 5.97 Å². The van der Waals surface area contributed by atoms with E-state index in [1.165, 1.54) is 11.8 Å². The second kappa shape index (κ2) is 7.91. The van der Waals surface area contributed by atoms with Crippen LogP contribution in [0.25, 0.3) is 0 Å². The lowest BCUT2D eigenvalue weighted by Crippen LogP contribution is -2.26. The highest BCUT2D eigenvalue weighted by molar-refractivity contribution is 8.00. The first kappa shape index (κ1) is 15.7. The highest BCUT2D eigenvalue weighted by Gasteiger charge is 2.06. The summed E-state index contributed by atoms with van der Waals surface area (Å²) in [6.45, 7) is 0.362. The number of aliphatic carboxylic acids is 1. The van der Waals surface area contributed by atoms with Gasteiger partial charge in [0.1, 0.15) is 0 Å². The predicted octanol–water partition coefficient (Wildman–Crippen LogP) is 2.00. The molecule has 0 fully saturated rings. The molecule has 0 heterocycles. The highest BCUT2D eigenvalue weighted by atomic mass is 35.5. The van der Waals surface area contributed by atoms with Crippen LogP contribution in [-0.4, -0.2) is 29.3 Å². The van der Waals surface area contributed by atoms with Gasteiger partial charge in [-0.15, -0.1) is 11.8 Å². The van der Waals surface area contributed by atoms with Crippen molar-refractivity contribution in [3.8, 4) is 0 Å². The third-order valence-electron chi connectivity index (χ3n) is 2.20. The molecule has 104 valence electrons. The van der Waals surface area contributed by atoms with E-state index >= 15 is 0 Å². The molecule has 0 saturated carbocycles. The molecular formula is C12H15ClN2O3S. The molecule has 7 heteroatoms. The fourth-order valence-corrected chi connectivity index (χ4v) is 2.40. The number of carboxylic acids is 1. The lowest BCUT2D eigenvalue weighted by Gasteiger charge is -2.06. The summed E-state index contributed by atoms with van der Waals surface area (Å²) < 4.78 is 0. The van der Waals surface area contributed by atoms with Gasteiger partial charge in [0, 0.05) is 23.5 Å². The third kappa shape index (κ3) is 6.35. The summed E-state index contributed by atoms with van der Waals surface area (Å²) in [7, 11) is 0. The van der Waals surface area contributed by atoms with Gasteiger partial charge in [-0.2, -0.15) is 0 Å². The number of nitrogen functional groups attached to an aromatic ring is 1. The number of hydrogen-bond donors (Lipinski definition) is 3. The number of rotatable bonds is 7. The normalized spacial score (nSPS) is 10.2. The summed E-state index contributed by atoms with van der Waals surface area (Å²) in [5, 5.41) is 11.6. The van der Waals surface area contributed by atoms with E-state index in [0.29, 0.717) is 23.7 Å². The fraction of sp³-hybridized carbons (Fsp3) is 0.333. The molecular weight excluding hydrogens is 288 g/mol. The van der Waals surface area contributed by atoms with Gasteiger partial charge in [-0.25, -0.2) is 0 Å². The molecule has 1 aromatic carbocycles. The van der Waals surface area contributed by atoms with Crippen molar-refractivity contribution < 1.29 is 14.7 Å². The quantitative estimate of drug-likeness (QED) is 0.407. The van der Waals surface area contributed by atoms with Gasteiger partial charge in [0.2, 0.25) is 5.91 Å². The van der Waals surface area contributed by atoms with Gasteiger partial charge in [-0.05, 0) is 24.6 Å². The second-order valence-corrected chi connectivity index (χ2v) is 5.25. The number of carbonyl (C=O) groups excluding carboxylic acids is 1. The highest BCUT2D eigenvalue weighted by Crippen LogP contribution is 2.28. The van der Waals surface area contributed by atoms with Crippen molar-refractivity contribution in [3.63, 3.8) is 0 Å². The molecule has 0 aromatic heterocycles. The molecule has 4 N–H and O–H groups in total. The predicted molar refractivity (Wildman–Crippen MR) is 76.5 cm³/mol. The summed E-state index contributed by atoms with van der Waals surface area (Å²) in [5.74, 6) is -0.781. The van der Waals surface area contributed by atoms with Crippen molar-refractivity contribution in [2.24, 2.45) is 0 Å². The number of hydrogen-bond acceptors (Lipinski definition) is 4. The Morgan fingerprint density at radius 1 is 1.42 bits per heavy atom. The molecule has 0 saturated heterocycles. The molecule has 0 aliphatic rings. The molecule has 19 heavy (non-hydrogen) atoms. The van der Waals surface area contributed by atoms with Crippen molar-refractivity contribution >= 4 is 40.9 Å². The lowest BCUT2D eigenvalue weighted by molar-refractivity contribution is -0.137. The zero-order valence-electron chi connectivity index (χ0n) is 10.2. The second-order valence-electron chi connectivity index (χ2n) is 3.83. The van der Waals surface area contributed by atoms with Crippen LogP contribution in [0.4, 0.5) is 5.69 Å². The van der Waals surface area contributed by atoms with Crippen LogP contribution >= 0.6 is 23.4 Å². The first-order chi connectivity index (χ1) is 8.99. The summed E-state index contributed by atoms with van der Waals surface area (Å²) >= 11 is 7.29. The van der Waals surface area contributed by atoms with Gasteiger partial charge < -0.3 is 16.2 Å². The van der Waals surface area contributed by atoms with Gasteiger partial charge in [0.15, 0.2) is 0 Å². The van der Waals surface area contributed by atoms with Crippen LogP contribution in [0.2, 0.25) is 5.02 Å². The van der Waals surface area contributed by atoms with E-state index in [1.807, 2.05) is 0 Å². The van der Waals surface area contributed by atoms with Crippen molar-refractivity contribution in [1.82, 2.24) is 5.32 Å². The third-order valence-corrected chi connectivity index (χ3v) is 3.70. The number of halogens is 1. The average Bonchev–Trinajstić information content (AvgIpc) is 2.33. The molecule has 0 unspecified atom stereocenters. The minimum atomic E-state index is -0.864. The van der Waals surface area contributed by atoms with E-state index in [0.717, 1.165) is 4.90 Å². The molecule has 0 atom stereocenters. The number of amides is 1. The first-order valence-corrected chi connectivity index (χ1v) is 7.01. The molecule has 0 spiro atoms. The Hall–Kier alpha value is -1.40. The van der Waals surface area contributed by atoms with Crippen LogP contribution in [-0.2, 0) is 9.59 Å². The standard InChI is InChI=1S/C12H15ClN2O3S/c13-9-6-8(14)3-4-10(9)19-7-11(16)15-5-1-2-12(17)18/h3-4,6H,1-2,5,7,14H2,(H,15,16)(H,17,18). The smallest absolute Gasteiger partial charge is 0.303 e. The summed E-state index contributed by atoms with van der Waals surface area (Å²) in [6.07, 6.45) is 0.478. The van der Waals surface area contributed by atoms with Crippen LogP contribution in [0.5, 0.6) is 0 Å². The Kier molecular flexibility index (Phi) is 6.52. The maximum atomic E-state index is 11.5. The van der Waals surface area contributed by atoms with E-state index in [4.69, 9.17) is 22.4 Å². The van der Waals surface area contributed by atoms with E-state index in [2.05, 4.69) is 5.32 Å². The number of nitrogens with one attached hydrogen (secondary N) is 1. The maximum absolute atomic E-state index is 11.5. The van der Waals surface area contributed by atoms with E-state index in [1.54, 1.807) is 18.2 Å². The summed E-state index contributed by atoms with van der Waals surface area (Å²) in [4.78, 5) is 22.6. The van der Waals surface area contributed by atoms with Gasteiger partial charge in [-0.3, -0.25) is 9.59 Å². The monoisotopic (exact) mass is 302 g/mol. The van der Waals surface area contributed by atoms with E-state index < -0.39 is 5.97 Å². The average molecular weight is 303 g/mol. The Balaban J connectivity index is 2.28. The summed E-state index contributed by atoms with van der Waals surface area (Å²) in [6, 6.07) is 5.12. The Bertz CT molecular complexity index is 468. The Morgan fingerprint density at radius 2 is 2.16 bits per heavy atom. The first-order valence-electron chi connectivity index (χ1n) is 5.65. The van der Waals surface area contributed by atoms with Crippen molar-refractivity contribution in [2.45, 2.75) is 17.7 Å². The van der Waals surface area contributed by atoms with Crippen molar-refractivity contribution in [2.75, 3.05) is 18.0 Å². The number of carbonyl (C=O) groups is 2. The minimum Gasteiger partial charge on any atom is -0.481 e. The molecule has 1 aromatic rings. The van der Waals surface area contributed by atoms with Crippen molar-refractivity contribution in [1.29, 1.82) is 0 Å². The summed E-state index contributed by atoms with van der Waals surface area (Å²) in [5.41, 5.74) is 6.14. The lowest BCUT2D eigenvalue weighted by atomic mass is 10.3. The van der Waals surface area contributed by atoms with Gasteiger partial charge in [-0.1, -0.05) is 11.6 Å². The van der Waals surface area contributed by atoms with Crippen LogP contribution < -0.4 is 11.1 Å². The van der Waals surface area contributed by atoms with E-state index in [9.17, 15) is 9.59 Å². The fourth-order valence-electron chi connectivity index (χ4n) is 1.30. The van der Waals surface area contributed by atoms with Crippen LogP contribution in [0.1, 0.15) is 12.8 Å². The zero-order valence-corrected chi connectivity index (χ0v) is 11.8. The zero-order chi connectivity index (χ0) is 14.3.